The van der Waals surface area contributed by atoms with Crippen molar-refractivity contribution in [1.29, 1.82) is 0 Å². The lowest BCUT2D eigenvalue weighted by Gasteiger charge is -2.35. The molecule has 0 unspecified atom stereocenters. The van der Waals surface area contributed by atoms with E-state index in [0.29, 0.717) is 12.8 Å². The molecule has 0 bridgehead atoms. The lowest BCUT2D eigenvalue weighted by molar-refractivity contribution is -0.145. The molecular formula is C17H23BrO3. The van der Waals surface area contributed by atoms with Crippen LogP contribution in [0.25, 0.3) is 0 Å². The predicted molar refractivity (Wildman–Crippen MR) is 87.2 cm³/mol. The SMILES string of the molecule is COc1c(C(C)C)cc(Br)cc1C1(C(=O)O)CCCCC1. The number of methoxy groups -OCH3 is 1. The van der Waals surface area contributed by atoms with Gasteiger partial charge in [-0.25, -0.2) is 0 Å². The Morgan fingerprint density at radius 1 is 1.29 bits per heavy atom. The number of ether oxygens (including phenoxy) is 1. The highest BCUT2D eigenvalue weighted by atomic mass is 79.9. The summed E-state index contributed by atoms with van der Waals surface area (Å²) in [5, 5.41) is 9.91. The van der Waals surface area contributed by atoms with Gasteiger partial charge in [0.2, 0.25) is 0 Å². The lowest BCUT2D eigenvalue weighted by Crippen LogP contribution is -2.38. The quantitative estimate of drug-likeness (QED) is 0.838. The van der Waals surface area contributed by atoms with Crippen LogP contribution < -0.4 is 4.74 Å². The van der Waals surface area contributed by atoms with Crippen molar-refractivity contribution < 1.29 is 14.6 Å². The normalized spacial score (nSPS) is 17.8. The van der Waals surface area contributed by atoms with E-state index < -0.39 is 11.4 Å². The van der Waals surface area contributed by atoms with Crippen molar-refractivity contribution in [1.82, 2.24) is 0 Å². The smallest absolute Gasteiger partial charge is 0.314 e. The van der Waals surface area contributed by atoms with Gasteiger partial charge in [0.15, 0.2) is 0 Å². The van der Waals surface area contributed by atoms with Gasteiger partial charge in [-0.3, -0.25) is 4.79 Å². The summed E-state index contributed by atoms with van der Waals surface area (Å²) < 4.78 is 6.56. The molecule has 0 atom stereocenters. The highest BCUT2D eigenvalue weighted by Crippen LogP contribution is 2.47. The molecule has 1 aromatic rings. The highest BCUT2D eigenvalue weighted by molar-refractivity contribution is 9.10. The van der Waals surface area contributed by atoms with Gasteiger partial charge in [0.05, 0.1) is 12.5 Å². The fraction of sp³-hybridized carbons (Fsp3) is 0.588. The number of carboxylic acids is 1. The minimum atomic E-state index is -0.809. The average molecular weight is 355 g/mol. The summed E-state index contributed by atoms with van der Waals surface area (Å²) in [7, 11) is 1.64. The number of hydrogen-bond acceptors (Lipinski definition) is 2. The molecule has 1 aromatic carbocycles. The standard InChI is InChI=1S/C17H23BrO3/c1-11(2)13-9-12(18)10-14(15(13)21-3)17(16(19)20)7-5-4-6-8-17/h9-11H,4-8H2,1-3H3,(H,19,20). The van der Waals surface area contributed by atoms with E-state index in [-0.39, 0.29) is 5.92 Å². The summed E-state index contributed by atoms with van der Waals surface area (Å²) >= 11 is 3.54. The van der Waals surface area contributed by atoms with E-state index >= 15 is 0 Å². The Bertz CT molecular complexity index is 531. The van der Waals surface area contributed by atoms with Crippen molar-refractivity contribution in [3.63, 3.8) is 0 Å². The number of halogens is 1. The van der Waals surface area contributed by atoms with E-state index in [9.17, 15) is 9.90 Å². The van der Waals surface area contributed by atoms with E-state index in [1.54, 1.807) is 7.11 Å². The number of carbonyl (C=O) groups is 1. The molecule has 1 saturated carbocycles. The molecule has 0 heterocycles. The van der Waals surface area contributed by atoms with Crippen LogP contribution in [0.3, 0.4) is 0 Å². The molecular weight excluding hydrogens is 332 g/mol. The summed E-state index contributed by atoms with van der Waals surface area (Å²) in [6.45, 7) is 4.20. The van der Waals surface area contributed by atoms with Gasteiger partial charge in [-0.1, -0.05) is 49.0 Å². The van der Waals surface area contributed by atoms with Crippen LogP contribution in [0, 0.1) is 0 Å². The number of rotatable bonds is 4. The summed E-state index contributed by atoms with van der Waals surface area (Å²) in [5.41, 5.74) is 1.08. The molecule has 116 valence electrons. The van der Waals surface area contributed by atoms with Crippen molar-refractivity contribution in [2.45, 2.75) is 57.3 Å². The monoisotopic (exact) mass is 354 g/mol. The first-order valence-corrected chi connectivity index (χ1v) is 8.33. The Morgan fingerprint density at radius 2 is 1.90 bits per heavy atom. The van der Waals surface area contributed by atoms with E-state index in [1.807, 2.05) is 12.1 Å². The largest absolute Gasteiger partial charge is 0.496 e. The zero-order valence-corrected chi connectivity index (χ0v) is 14.5. The maximum Gasteiger partial charge on any atom is 0.314 e. The van der Waals surface area contributed by atoms with E-state index in [1.165, 1.54) is 0 Å². The third kappa shape index (κ3) is 2.96. The molecule has 3 nitrogen and oxygen atoms in total. The Labute approximate surface area is 134 Å². The minimum Gasteiger partial charge on any atom is -0.496 e. The molecule has 0 amide bonds. The van der Waals surface area contributed by atoms with Gasteiger partial charge in [0.25, 0.3) is 0 Å². The van der Waals surface area contributed by atoms with Crippen molar-refractivity contribution >= 4 is 21.9 Å². The molecule has 0 aliphatic heterocycles. The van der Waals surface area contributed by atoms with Crippen LogP contribution in [-0.2, 0) is 10.2 Å². The minimum absolute atomic E-state index is 0.283. The second-order valence-electron chi connectivity index (χ2n) is 6.18. The highest BCUT2D eigenvalue weighted by Gasteiger charge is 2.44. The van der Waals surface area contributed by atoms with Crippen molar-refractivity contribution in [3.8, 4) is 5.75 Å². The molecule has 1 aliphatic carbocycles. The van der Waals surface area contributed by atoms with Crippen molar-refractivity contribution in [2.75, 3.05) is 7.11 Å². The molecule has 21 heavy (non-hydrogen) atoms. The Morgan fingerprint density at radius 3 is 2.38 bits per heavy atom. The van der Waals surface area contributed by atoms with Gasteiger partial charge in [0, 0.05) is 10.0 Å². The van der Waals surface area contributed by atoms with E-state index in [0.717, 1.165) is 40.6 Å². The summed E-state index contributed by atoms with van der Waals surface area (Å²) in [5.74, 6) is 0.302. The van der Waals surface area contributed by atoms with Crippen LogP contribution in [0.1, 0.15) is 63.0 Å². The second-order valence-corrected chi connectivity index (χ2v) is 7.09. The average Bonchev–Trinajstić information content (AvgIpc) is 2.46. The van der Waals surface area contributed by atoms with Gasteiger partial charge in [-0.05, 0) is 36.5 Å². The third-order valence-electron chi connectivity index (χ3n) is 4.54. The van der Waals surface area contributed by atoms with Gasteiger partial charge in [-0.2, -0.15) is 0 Å². The summed E-state index contributed by atoms with van der Waals surface area (Å²) in [6, 6.07) is 3.97. The molecule has 0 aromatic heterocycles. The molecule has 0 saturated heterocycles. The second kappa shape index (κ2) is 6.39. The topological polar surface area (TPSA) is 46.5 Å². The first-order valence-electron chi connectivity index (χ1n) is 7.53. The first kappa shape index (κ1) is 16.3. The van der Waals surface area contributed by atoms with E-state index in [2.05, 4.69) is 29.8 Å². The molecule has 0 radical (unpaired) electrons. The zero-order valence-electron chi connectivity index (χ0n) is 12.9. The number of aliphatic carboxylic acids is 1. The molecule has 4 heteroatoms. The van der Waals surface area contributed by atoms with Crippen LogP contribution >= 0.6 is 15.9 Å². The Kier molecular flexibility index (Phi) is 4.97. The van der Waals surface area contributed by atoms with Crippen LogP contribution in [0.4, 0.5) is 0 Å². The summed E-state index contributed by atoms with van der Waals surface area (Å²) in [6.07, 6.45) is 4.40. The third-order valence-corrected chi connectivity index (χ3v) is 5.00. The molecule has 1 N–H and O–H groups in total. The van der Waals surface area contributed by atoms with E-state index in [4.69, 9.17) is 4.74 Å². The van der Waals surface area contributed by atoms with Gasteiger partial charge in [-0.15, -0.1) is 0 Å². The molecule has 0 spiro atoms. The van der Waals surface area contributed by atoms with Crippen LogP contribution in [-0.4, -0.2) is 18.2 Å². The van der Waals surface area contributed by atoms with Crippen LogP contribution in [0.2, 0.25) is 0 Å². The molecule has 1 fully saturated rings. The first-order chi connectivity index (χ1) is 9.92. The lowest BCUT2D eigenvalue weighted by atomic mass is 9.68. The maximum absolute atomic E-state index is 12.1. The zero-order chi connectivity index (χ0) is 15.6. The number of benzene rings is 1. The summed E-state index contributed by atoms with van der Waals surface area (Å²) in [4.78, 5) is 12.1. The van der Waals surface area contributed by atoms with Crippen molar-refractivity contribution in [2.24, 2.45) is 0 Å². The molecule has 2 rings (SSSR count). The predicted octanol–water partition coefficient (Wildman–Crippen LogP) is 4.87. The Balaban J connectivity index is 2.67. The van der Waals surface area contributed by atoms with Crippen LogP contribution in [0.15, 0.2) is 16.6 Å². The van der Waals surface area contributed by atoms with Crippen LogP contribution in [0.5, 0.6) is 5.75 Å². The van der Waals surface area contributed by atoms with Gasteiger partial charge in [0.1, 0.15) is 5.75 Å². The number of carboxylic acid groups (broad SMARTS) is 1. The molecule has 1 aliphatic rings. The van der Waals surface area contributed by atoms with Crippen molar-refractivity contribution in [3.05, 3.63) is 27.7 Å². The fourth-order valence-electron chi connectivity index (χ4n) is 3.38. The maximum atomic E-state index is 12.1. The number of hydrogen-bond donors (Lipinski definition) is 1. The van der Waals surface area contributed by atoms with Gasteiger partial charge >= 0.3 is 5.97 Å². The van der Waals surface area contributed by atoms with Gasteiger partial charge < -0.3 is 9.84 Å². The fourth-order valence-corrected chi connectivity index (χ4v) is 3.86. The Hall–Kier alpha value is -1.03.